The summed E-state index contributed by atoms with van der Waals surface area (Å²) in [7, 11) is 0. The van der Waals surface area contributed by atoms with Gasteiger partial charge in [0.25, 0.3) is 0 Å². The van der Waals surface area contributed by atoms with Crippen LogP contribution in [0.4, 0.5) is 0 Å². The maximum absolute atomic E-state index is 12.4. The van der Waals surface area contributed by atoms with Crippen LogP contribution in [0, 0.1) is 11.8 Å². The average molecular weight is 284 g/mol. The van der Waals surface area contributed by atoms with Gasteiger partial charge in [0.2, 0.25) is 5.91 Å². The van der Waals surface area contributed by atoms with E-state index >= 15 is 0 Å². The van der Waals surface area contributed by atoms with Gasteiger partial charge in [-0.25, -0.2) is 0 Å². The molecule has 1 aliphatic rings. The molecule has 4 heteroatoms. The van der Waals surface area contributed by atoms with Crippen LogP contribution in [0.3, 0.4) is 0 Å². The van der Waals surface area contributed by atoms with Crippen molar-refractivity contribution < 1.29 is 9.53 Å². The first kappa shape index (κ1) is 17.4. The molecule has 1 saturated heterocycles. The van der Waals surface area contributed by atoms with Crippen molar-refractivity contribution >= 4 is 5.91 Å². The first-order valence-corrected chi connectivity index (χ1v) is 8.11. The summed E-state index contributed by atoms with van der Waals surface area (Å²) in [5, 5.41) is 3.47. The fourth-order valence-electron chi connectivity index (χ4n) is 2.59. The highest BCUT2D eigenvalue weighted by atomic mass is 16.5. The molecule has 1 aliphatic heterocycles. The fraction of sp³-hybridized carbons (Fsp3) is 0.938. The number of carbonyl (C=O) groups is 1. The number of nitrogens with one attached hydrogen (secondary N) is 1. The van der Waals surface area contributed by atoms with Crippen LogP contribution in [0.15, 0.2) is 0 Å². The van der Waals surface area contributed by atoms with Gasteiger partial charge in [-0.2, -0.15) is 0 Å². The van der Waals surface area contributed by atoms with E-state index in [1.807, 2.05) is 4.90 Å². The zero-order valence-corrected chi connectivity index (χ0v) is 13.8. The summed E-state index contributed by atoms with van der Waals surface area (Å²) < 4.78 is 5.66. The smallest absolute Gasteiger partial charge is 0.241 e. The Kier molecular flexibility index (Phi) is 7.52. The minimum Gasteiger partial charge on any atom is -0.380 e. The molecule has 1 amide bonds. The highest BCUT2D eigenvalue weighted by Gasteiger charge is 2.39. The van der Waals surface area contributed by atoms with E-state index in [1.54, 1.807) is 0 Å². The van der Waals surface area contributed by atoms with Gasteiger partial charge in [0.1, 0.15) is 0 Å². The third-order valence-electron chi connectivity index (χ3n) is 3.81. The summed E-state index contributed by atoms with van der Waals surface area (Å²) in [6, 6.07) is 0.00284. The number of carbonyl (C=O) groups excluding carboxylic acids is 1. The van der Waals surface area contributed by atoms with Crippen LogP contribution >= 0.6 is 0 Å². The number of ether oxygens (including phenoxy) is 1. The van der Waals surface area contributed by atoms with Gasteiger partial charge in [-0.3, -0.25) is 10.1 Å². The fourth-order valence-corrected chi connectivity index (χ4v) is 2.59. The molecule has 2 atom stereocenters. The molecular weight excluding hydrogens is 252 g/mol. The Hall–Kier alpha value is -0.610. The lowest BCUT2D eigenvalue weighted by atomic mass is 10.1. The normalized spacial score (nSPS) is 23.4. The van der Waals surface area contributed by atoms with Gasteiger partial charge < -0.3 is 9.64 Å². The second-order valence-corrected chi connectivity index (χ2v) is 6.52. The third-order valence-corrected chi connectivity index (χ3v) is 3.81. The second-order valence-electron chi connectivity index (χ2n) is 6.52. The zero-order valence-electron chi connectivity index (χ0n) is 13.8. The molecule has 118 valence electrons. The minimum atomic E-state index is 0.00284. The summed E-state index contributed by atoms with van der Waals surface area (Å²) >= 11 is 0. The quantitative estimate of drug-likeness (QED) is 0.662. The van der Waals surface area contributed by atoms with Crippen LogP contribution < -0.4 is 5.32 Å². The molecule has 0 aromatic heterocycles. The summed E-state index contributed by atoms with van der Waals surface area (Å²) in [6.07, 6.45) is 3.20. The number of amides is 1. The maximum atomic E-state index is 12.4. The van der Waals surface area contributed by atoms with Gasteiger partial charge in [0.05, 0.1) is 18.8 Å². The molecule has 0 spiro atoms. The van der Waals surface area contributed by atoms with Gasteiger partial charge in [0.15, 0.2) is 0 Å². The molecule has 1 rings (SSSR count). The molecule has 0 saturated carbocycles. The first-order chi connectivity index (χ1) is 9.47. The Bertz CT molecular complexity index is 292. The lowest BCUT2D eigenvalue weighted by molar-refractivity contribution is -0.131. The van der Waals surface area contributed by atoms with Crippen molar-refractivity contribution in [2.45, 2.75) is 66.1 Å². The van der Waals surface area contributed by atoms with Gasteiger partial charge in [-0.1, -0.05) is 41.0 Å². The van der Waals surface area contributed by atoms with Crippen molar-refractivity contribution in [3.63, 3.8) is 0 Å². The van der Waals surface area contributed by atoms with Crippen molar-refractivity contribution in [2.24, 2.45) is 11.8 Å². The van der Waals surface area contributed by atoms with Gasteiger partial charge in [-0.15, -0.1) is 0 Å². The predicted molar refractivity (Wildman–Crippen MR) is 82.4 cm³/mol. The van der Waals surface area contributed by atoms with E-state index in [1.165, 1.54) is 0 Å². The van der Waals surface area contributed by atoms with Crippen LogP contribution in [0.2, 0.25) is 0 Å². The third kappa shape index (κ3) is 5.06. The van der Waals surface area contributed by atoms with Gasteiger partial charge in [0, 0.05) is 13.2 Å². The SMILES string of the molecule is CCCC1NC(C(C)C)N(CCOCCC(C)C)C1=O. The molecule has 1 fully saturated rings. The molecule has 0 bridgehead atoms. The van der Waals surface area contributed by atoms with Crippen LogP contribution in [0.1, 0.15) is 53.9 Å². The Morgan fingerprint density at radius 3 is 2.50 bits per heavy atom. The van der Waals surface area contributed by atoms with Gasteiger partial charge >= 0.3 is 0 Å². The van der Waals surface area contributed by atoms with Crippen LogP contribution in [-0.4, -0.2) is 42.8 Å². The second kappa shape index (κ2) is 8.63. The van der Waals surface area contributed by atoms with Gasteiger partial charge in [-0.05, 0) is 24.7 Å². The number of hydrogen-bond donors (Lipinski definition) is 1. The van der Waals surface area contributed by atoms with Crippen molar-refractivity contribution in [3.05, 3.63) is 0 Å². The van der Waals surface area contributed by atoms with E-state index in [4.69, 9.17) is 4.74 Å². The van der Waals surface area contributed by atoms with Crippen molar-refractivity contribution in [1.82, 2.24) is 10.2 Å². The molecule has 0 aromatic carbocycles. The highest BCUT2D eigenvalue weighted by molar-refractivity contribution is 5.84. The molecule has 0 aromatic rings. The van der Waals surface area contributed by atoms with E-state index in [0.29, 0.717) is 25.0 Å². The Labute approximate surface area is 124 Å². The lowest BCUT2D eigenvalue weighted by Crippen LogP contribution is -2.43. The zero-order chi connectivity index (χ0) is 15.1. The molecule has 0 aliphatic carbocycles. The topological polar surface area (TPSA) is 41.6 Å². The largest absolute Gasteiger partial charge is 0.380 e. The molecular formula is C16H32N2O2. The molecule has 1 heterocycles. The highest BCUT2D eigenvalue weighted by Crippen LogP contribution is 2.19. The van der Waals surface area contributed by atoms with Crippen LogP contribution in [0.5, 0.6) is 0 Å². The van der Waals surface area contributed by atoms with E-state index in [0.717, 1.165) is 25.9 Å². The van der Waals surface area contributed by atoms with Crippen molar-refractivity contribution in [2.75, 3.05) is 19.8 Å². The van der Waals surface area contributed by atoms with Crippen LogP contribution in [-0.2, 0) is 9.53 Å². The number of rotatable bonds is 9. The van der Waals surface area contributed by atoms with E-state index < -0.39 is 0 Å². The standard InChI is InChI=1S/C16H32N2O2/c1-6-7-14-16(19)18(15(17-14)13(4)5)9-11-20-10-8-12(2)3/h12-15,17H,6-11H2,1-5H3. The first-order valence-electron chi connectivity index (χ1n) is 8.11. The number of hydrogen-bond acceptors (Lipinski definition) is 3. The lowest BCUT2D eigenvalue weighted by Gasteiger charge is -2.27. The van der Waals surface area contributed by atoms with E-state index in [9.17, 15) is 4.79 Å². The maximum Gasteiger partial charge on any atom is 0.241 e. The van der Waals surface area contributed by atoms with Crippen molar-refractivity contribution in [3.8, 4) is 0 Å². The minimum absolute atomic E-state index is 0.00284. The molecule has 20 heavy (non-hydrogen) atoms. The molecule has 1 N–H and O–H groups in total. The predicted octanol–water partition coefficient (Wildman–Crippen LogP) is 2.63. The summed E-state index contributed by atoms with van der Waals surface area (Å²) in [5.74, 6) is 1.34. The number of nitrogens with zero attached hydrogens (tertiary/aromatic N) is 1. The molecule has 2 unspecified atom stereocenters. The average Bonchev–Trinajstić information content (AvgIpc) is 2.67. The monoisotopic (exact) mass is 284 g/mol. The molecule has 0 radical (unpaired) electrons. The van der Waals surface area contributed by atoms with Crippen LogP contribution in [0.25, 0.3) is 0 Å². The van der Waals surface area contributed by atoms with E-state index in [2.05, 4.69) is 39.9 Å². The summed E-state index contributed by atoms with van der Waals surface area (Å²) in [5.41, 5.74) is 0. The van der Waals surface area contributed by atoms with E-state index in [-0.39, 0.29) is 18.1 Å². The van der Waals surface area contributed by atoms with Crippen molar-refractivity contribution in [1.29, 1.82) is 0 Å². The Balaban J connectivity index is 2.41. The molecule has 4 nitrogen and oxygen atoms in total. The summed E-state index contributed by atoms with van der Waals surface area (Å²) in [6.45, 7) is 13.0. The Morgan fingerprint density at radius 2 is 1.95 bits per heavy atom. The Morgan fingerprint density at radius 1 is 1.25 bits per heavy atom. The summed E-state index contributed by atoms with van der Waals surface area (Å²) in [4.78, 5) is 14.4.